The Hall–Kier alpha value is 0.804. The van der Waals surface area contributed by atoms with Crippen molar-refractivity contribution in [1.82, 2.24) is 5.32 Å². The maximum Gasteiger partial charge on any atom is 0 e. The van der Waals surface area contributed by atoms with Gasteiger partial charge in [-0.3, -0.25) is 0 Å². The number of rotatable bonds is 1. The summed E-state index contributed by atoms with van der Waals surface area (Å²) in [6.45, 7) is 8.81. The van der Waals surface area contributed by atoms with E-state index in [0.717, 1.165) is 19.4 Å². The van der Waals surface area contributed by atoms with E-state index in [1.807, 2.05) is 0 Å². The van der Waals surface area contributed by atoms with Gasteiger partial charge in [-0.05, 0) is 13.0 Å². The Morgan fingerprint density at radius 3 is 2.80 bits per heavy atom. The van der Waals surface area contributed by atoms with Gasteiger partial charge in [0.1, 0.15) is 0 Å². The van der Waals surface area contributed by atoms with Crippen molar-refractivity contribution in [2.75, 3.05) is 6.54 Å². The smallest absolute Gasteiger partial charge is 0 e. The zero-order chi connectivity index (χ0) is 6.69. The normalized spacial score (nSPS) is 25.0. The Balaban J connectivity index is 0.000000810. The molecule has 2 heteroatoms. The monoisotopic (exact) mass is 212 g/mol. The van der Waals surface area contributed by atoms with Gasteiger partial charge in [0.2, 0.25) is 0 Å². The van der Waals surface area contributed by atoms with Gasteiger partial charge in [0.05, 0.1) is 0 Å². The molecule has 0 aromatic carbocycles. The van der Waals surface area contributed by atoms with Gasteiger partial charge in [0.25, 0.3) is 0 Å². The molecule has 1 atom stereocenters. The molecule has 0 saturated carbocycles. The molecule has 1 radical (unpaired) electrons. The summed E-state index contributed by atoms with van der Waals surface area (Å²) in [6.07, 6.45) is 4.26. The third-order valence-corrected chi connectivity index (χ3v) is 1.68. The molecule has 1 rings (SSSR count). The van der Waals surface area contributed by atoms with Crippen molar-refractivity contribution < 1.29 is 32.7 Å². The third-order valence-electron chi connectivity index (χ3n) is 1.68. The Morgan fingerprint density at radius 1 is 1.70 bits per heavy atom. The molecule has 0 amide bonds. The first kappa shape index (κ1) is 10.8. The van der Waals surface area contributed by atoms with E-state index in [1.165, 1.54) is 5.57 Å². The largest absolute Gasteiger partial charge is 0.339 e. The van der Waals surface area contributed by atoms with Crippen LogP contribution in [0.4, 0.5) is 0 Å². The van der Waals surface area contributed by atoms with Crippen LogP contribution >= 0.6 is 0 Å². The summed E-state index contributed by atoms with van der Waals surface area (Å²) >= 11 is 0. The summed E-state index contributed by atoms with van der Waals surface area (Å²) < 4.78 is 0. The van der Waals surface area contributed by atoms with Gasteiger partial charge in [-0.2, -0.15) is 6.42 Å². The van der Waals surface area contributed by atoms with Crippen molar-refractivity contribution >= 4 is 0 Å². The van der Waals surface area contributed by atoms with E-state index in [2.05, 4.69) is 25.2 Å². The van der Waals surface area contributed by atoms with E-state index in [4.69, 9.17) is 0 Å². The number of hydrogen-bond donors (Lipinski definition) is 1. The third kappa shape index (κ3) is 2.81. The average molecular weight is 212 g/mol. The summed E-state index contributed by atoms with van der Waals surface area (Å²) in [5.74, 6) is 0. The molecule has 0 fully saturated rings. The molecule has 1 heterocycles. The molecule has 1 nitrogen and oxygen atoms in total. The molecule has 1 unspecified atom stereocenters. The first-order valence-electron chi connectivity index (χ1n) is 3.39. The van der Waals surface area contributed by atoms with E-state index < -0.39 is 0 Å². The fourth-order valence-electron chi connectivity index (χ4n) is 1.06. The molecule has 0 aromatic rings. The minimum absolute atomic E-state index is 0. The second-order valence-corrected chi connectivity index (χ2v) is 2.32. The van der Waals surface area contributed by atoms with Gasteiger partial charge < -0.3 is 19.2 Å². The van der Waals surface area contributed by atoms with Crippen LogP contribution in [0.5, 0.6) is 0 Å². The number of hydrogen-bond acceptors (Lipinski definition) is 1. The molecule has 1 aliphatic heterocycles. The fraction of sp³-hybridized carbons (Fsp3) is 0.500. The Kier molecular flexibility index (Phi) is 5.89. The van der Waals surface area contributed by atoms with E-state index in [-0.39, 0.29) is 32.7 Å². The SMILES string of the molecule is [CH2-]CC1=CCCNC1[CH2-].[Y]. The molecular formula is C8H13NY-2. The standard InChI is InChI=1S/C8H13N.Y/c1-3-8-5-4-6-9-7(8)2;/h5,7,9H,1-4,6H2;/q-2;. The van der Waals surface area contributed by atoms with Crippen molar-refractivity contribution in [2.45, 2.75) is 18.9 Å². The predicted molar refractivity (Wildman–Crippen MR) is 39.8 cm³/mol. The van der Waals surface area contributed by atoms with Crippen LogP contribution in [0.15, 0.2) is 11.6 Å². The second kappa shape index (κ2) is 5.45. The molecule has 0 saturated heterocycles. The first-order valence-corrected chi connectivity index (χ1v) is 3.39. The minimum Gasteiger partial charge on any atom is -0.339 e. The Bertz CT molecular complexity index is 120. The average Bonchev–Trinajstić information content (AvgIpc) is 1.89. The zero-order valence-electron chi connectivity index (χ0n) is 6.27. The molecule has 0 aromatic heterocycles. The van der Waals surface area contributed by atoms with Crippen molar-refractivity contribution in [1.29, 1.82) is 0 Å². The quantitative estimate of drug-likeness (QED) is 0.510. The minimum atomic E-state index is 0. The van der Waals surface area contributed by atoms with Crippen LogP contribution in [-0.4, -0.2) is 12.6 Å². The van der Waals surface area contributed by atoms with Crippen LogP contribution in [0.25, 0.3) is 0 Å². The van der Waals surface area contributed by atoms with E-state index in [0.29, 0.717) is 6.04 Å². The van der Waals surface area contributed by atoms with Crippen molar-refractivity contribution in [2.24, 2.45) is 0 Å². The Morgan fingerprint density at radius 2 is 2.40 bits per heavy atom. The molecule has 1 aliphatic rings. The zero-order valence-corrected chi connectivity index (χ0v) is 9.11. The van der Waals surface area contributed by atoms with E-state index in [1.54, 1.807) is 0 Å². The van der Waals surface area contributed by atoms with Gasteiger partial charge in [-0.1, -0.05) is 6.08 Å². The molecule has 10 heavy (non-hydrogen) atoms. The molecule has 55 valence electrons. The molecule has 0 aliphatic carbocycles. The summed E-state index contributed by atoms with van der Waals surface area (Å²) in [5, 5.41) is 3.26. The van der Waals surface area contributed by atoms with Crippen LogP contribution in [0.1, 0.15) is 12.8 Å². The van der Waals surface area contributed by atoms with Gasteiger partial charge in [-0.25, -0.2) is 0 Å². The summed E-state index contributed by atoms with van der Waals surface area (Å²) in [4.78, 5) is 0. The summed E-state index contributed by atoms with van der Waals surface area (Å²) in [5.41, 5.74) is 1.35. The van der Waals surface area contributed by atoms with Gasteiger partial charge in [-0.15, -0.1) is 11.6 Å². The van der Waals surface area contributed by atoms with Gasteiger partial charge in [0, 0.05) is 32.7 Å². The topological polar surface area (TPSA) is 12.0 Å². The van der Waals surface area contributed by atoms with Crippen LogP contribution in [0, 0.1) is 13.8 Å². The maximum absolute atomic E-state index is 3.93. The van der Waals surface area contributed by atoms with Crippen molar-refractivity contribution in [3.63, 3.8) is 0 Å². The Labute approximate surface area is 88.5 Å². The van der Waals surface area contributed by atoms with E-state index in [9.17, 15) is 0 Å². The van der Waals surface area contributed by atoms with Crippen LogP contribution < -0.4 is 5.32 Å². The van der Waals surface area contributed by atoms with Crippen molar-refractivity contribution in [3.05, 3.63) is 25.5 Å². The maximum atomic E-state index is 3.93. The molecule has 1 N–H and O–H groups in total. The molecule has 0 spiro atoms. The number of nitrogens with one attached hydrogen (secondary N) is 1. The first-order chi connectivity index (χ1) is 4.34. The van der Waals surface area contributed by atoms with Gasteiger partial charge in [0.15, 0.2) is 0 Å². The summed E-state index contributed by atoms with van der Waals surface area (Å²) in [6, 6.07) is 0.316. The van der Waals surface area contributed by atoms with Gasteiger partial charge >= 0.3 is 0 Å². The van der Waals surface area contributed by atoms with Crippen LogP contribution in [0.3, 0.4) is 0 Å². The predicted octanol–water partition coefficient (Wildman–Crippen LogP) is 1.33. The molecule has 0 bridgehead atoms. The second-order valence-electron chi connectivity index (χ2n) is 2.32. The van der Waals surface area contributed by atoms with Crippen LogP contribution in [-0.2, 0) is 32.7 Å². The van der Waals surface area contributed by atoms with Crippen LogP contribution in [0.2, 0.25) is 0 Å². The van der Waals surface area contributed by atoms with Crippen molar-refractivity contribution in [3.8, 4) is 0 Å². The fourth-order valence-corrected chi connectivity index (χ4v) is 1.06. The van der Waals surface area contributed by atoms with E-state index >= 15 is 0 Å². The molecular weight excluding hydrogens is 199 g/mol. The summed E-state index contributed by atoms with van der Waals surface area (Å²) in [7, 11) is 0.